The lowest BCUT2D eigenvalue weighted by Crippen LogP contribution is -2.26. The number of hydrogen-bond acceptors (Lipinski definition) is 5. The molecule has 4 N–H and O–H groups in total. The zero-order valence-corrected chi connectivity index (χ0v) is 25.1. The van der Waals surface area contributed by atoms with Crippen molar-refractivity contribution in [2.24, 2.45) is 5.41 Å². The van der Waals surface area contributed by atoms with Crippen molar-refractivity contribution in [3.05, 3.63) is 83.4 Å². The van der Waals surface area contributed by atoms with E-state index in [9.17, 15) is 14.4 Å². The number of nitrogens with one attached hydrogen (secondary N) is 4. The largest absolute Gasteiger partial charge is 0.380 e. The highest BCUT2D eigenvalue weighted by molar-refractivity contribution is 6.12. The van der Waals surface area contributed by atoms with Crippen molar-refractivity contribution in [2.75, 3.05) is 21.3 Å². The second-order valence-corrected chi connectivity index (χ2v) is 13.2. The van der Waals surface area contributed by atoms with Gasteiger partial charge in [-0.15, -0.1) is 0 Å². The topological polar surface area (TPSA) is 99.3 Å². The summed E-state index contributed by atoms with van der Waals surface area (Å²) in [4.78, 5) is 39.7. The quantitative estimate of drug-likeness (QED) is 0.228. The molecule has 0 aliphatic carbocycles. The van der Waals surface area contributed by atoms with Gasteiger partial charge in [0.1, 0.15) is 0 Å². The van der Waals surface area contributed by atoms with E-state index in [0.29, 0.717) is 16.9 Å². The molecule has 3 aromatic carbocycles. The summed E-state index contributed by atoms with van der Waals surface area (Å²) in [5.74, 6) is -0.982. The number of rotatable bonds is 7. The van der Waals surface area contributed by atoms with Crippen LogP contribution in [0.4, 0.5) is 22.7 Å². The van der Waals surface area contributed by atoms with Crippen LogP contribution in [-0.4, -0.2) is 28.7 Å². The van der Waals surface area contributed by atoms with Crippen LogP contribution in [0.2, 0.25) is 0 Å². The molecule has 3 aromatic rings. The first-order valence-electron chi connectivity index (χ1n) is 13.5. The third-order valence-corrected chi connectivity index (χ3v) is 5.72. The van der Waals surface area contributed by atoms with Gasteiger partial charge < -0.3 is 21.3 Å². The minimum Gasteiger partial charge on any atom is -0.380 e. The molecule has 0 unspecified atom stereocenters. The summed E-state index contributed by atoms with van der Waals surface area (Å²) in [6.45, 7) is 17.8. The van der Waals surface area contributed by atoms with Crippen LogP contribution in [0.15, 0.2) is 66.7 Å². The highest BCUT2D eigenvalue weighted by Gasteiger charge is 2.25. The van der Waals surface area contributed by atoms with Gasteiger partial charge in [-0.25, -0.2) is 0 Å². The fraction of sp³-hybridized carbons (Fsp3) is 0.364. The molecule has 0 atom stereocenters. The number of anilines is 4. The van der Waals surface area contributed by atoms with E-state index >= 15 is 0 Å². The molecule has 0 heterocycles. The Morgan fingerprint density at radius 1 is 0.475 bits per heavy atom. The second kappa shape index (κ2) is 11.5. The van der Waals surface area contributed by atoms with E-state index < -0.39 is 17.2 Å². The fourth-order valence-corrected chi connectivity index (χ4v) is 4.00. The van der Waals surface area contributed by atoms with Crippen LogP contribution in [0, 0.1) is 5.41 Å². The van der Waals surface area contributed by atoms with Crippen molar-refractivity contribution < 1.29 is 14.4 Å². The van der Waals surface area contributed by atoms with Crippen molar-refractivity contribution in [1.29, 1.82) is 0 Å². The molecule has 0 aromatic heterocycles. The smallest absolute Gasteiger partial charge is 0.255 e. The van der Waals surface area contributed by atoms with E-state index in [4.69, 9.17) is 0 Å². The SMILES string of the molecule is CC(C)(C)Nc1ccc(NC(=O)c2cc(C(=O)Nc3ccc(NC(C)(C)C)cc3)cc(C(=O)C(C)(C)C)c2)cc1. The number of carbonyl (C=O) groups is 3. The first kappa shape index (κ1) is 30.4. The molecule has 212 valence electrons. The predicted molar refractivity (Wildman–Crippen MR) is 166 cm³/mol. The Labute approximate surface area is 238 Å². The summed E-state index contributed by atoms with van der Waals surface area (Å²) < 4.78 is 0. The van der Waals surface area contributed by atoms with Crippen molar-refractivity contribution in [1.82, 2.24) is 0 Å². The molecule has 0 radical (unpaired) electrons. The standard InChI is InChI=1S/C33H42N4O3/c1-31(2,3)28(38)21-18-22(29(39)34-24-10-14-26(15-11-24)36-32(4,5)6)20-23(19-21)30(40)35-25-12-16-27(17-13-25)37-33(7,8)9/h10-20,36-37H,1-9H3,(H,34,39)(H,35,40). The summed E-state index contributed by atoms with van der Waals surface area (Å²) in [7, 11) is 0. The minimum absolute atomic E-state index is 0.0902. The van der Waals surface area contributed by atoms with Gasteiger partial charge in [-0.3, -0.25) is 14.4 Å². The lowest BCUT2D eigenvalue weighted by Gasteiger charge is -2.22. The van der Waals surface area contributed by atoms with E-state index in [1.165, 1.54) is 6.07 Å². The van der Waals surface area contributed by atoms with Gasteiger partial charge in [0.05, 0.1) is 0 Å². The third-order valence-electron chi connectivity index (χ3n) is 5.72. The zero-order chi connectivity index (χ0) is 29.9. The summed E-state index contributed by atoms with van der Waals surface area (Å²) in [5, 5.41) is 12.5. The highest BCUT2D eigenvalue weighted by Crippen LogP contribution is 2.25. The molecule has 2 amide bonds. The second-order valence-electron chi connectivity index (χ2n) is 13.2. The van der Waals surface area contributed by atoms with Gasteiger partial charge in [-0.05, 0) is 108 Å². The third kappa shape index (κ3) is 8.97. The van der Waals surface area contributed by atoms with E-state index in [1.54, 1.807) is 12.1 Å². The van der Waals surface area contributed by atoms with Gasteiger partial charge in [0.2, 0.25) is 0 Å². The molecule has 0 saturated carbocycles. The normalized spacial score (nSPS) is 11.9. The summed E-state index contributed by atoms with van der Waals surface area (Å²) in [6, 6.07) is 19.4. The van der Waals surface area contributed by atoms with Gasteiger partial charge >= 0.3 is 0 Å². The number of hydrogen-bond donors (Lipinski definition) is 4. The summed E-state index contributed by atoms with van der Waals surface area (Å²) in [5.41, 5.74) is 2.96. The predicted octanol–water partition coefficient (Wildman–Crippen LogP) is 7.84. The summed E-state index contributed by atoms with van der Waals surface area (Å²) in [6.07, 6.45) is 0. The molecular weight excluding hydrogens is 500 g/mol. The highest BCUT2D eigenvalue weighted by atomic mass is 16.2. The van der Waals surface area contributed by atoms with E-state index in [1.807, 2.05) is 69.3 Å². The molecule has 3 rings (SSSR count). The maximum Gasteiger partial charge on any atom is 0.255 e. The number of amides is 2. The number of Topliss-reactive ketones (excluding diaryl/α,β-unsaturated/α-hetero) is 1. The fourth-order valence-electron chi connectivity index (χ4n) is 4.00. The monoisotopic (exact) mass is 542 g/mol. The van der Waals surface area contributed by atoms with Crippen molar-refractivity contribution in [2.45, 2.75) is 73.4 Å². The zero-order valence-electron chi connectivity index (χ0n) is 25.1. The Morgan fingerprint density at radius 3 is 1.07 bits per heavy atom. The molecule has 7 nitrogen and oxygen atoms in total. The Bertz CT molecular complexity index is 1280. The molecule has 7 heteroatoms. The van der Waals surface area contributed by atoms with Crippen molar-refractivity contribution >= 4 is 40.3 Å². The van der Waals surface area contributed by atoms with Gasteiger partial charge in [0, 0.05) is 55.9 Å². The van der Waals surface area contributed by atoms with Gasteiger partial charge in [-0.2, -0.15) is 0 Å². The van der Waals surface area contributed by atoms with Crippen molar-refractivity contribution in [3.63, 3.8) is 0 Å². The van der Waals surface area contributed by atoms with E-state index in [-0.39, 0.29) is 28.0 Å². The van der Waals surface area contributed by atoms with E-state index in [0.717, 1.165) is 11.4 Å². The van der Waals surface area contributed by atoms with Crippen LogP contribution in [0.3, 0.4) is 0 Å². The van der Waals surface area contributed by atoms with Crippen LogP contribution < -0.4 is 21.3 Å². The number of benzene rings is 3. The summed E-state index contributed by atoms with van der Waals surface area (Å²) >= 11 is 0. The molecule has 0 saturated heterocycles. The number of carbonyl (C=O) groups excluding carboxylic acids is 3. The Hall–Kier alpha value is -4.13. The lowest BCUT2D eigenvalue weighted by atomic mass is 9.85. The lowest BCUT2D eigenvalue weighted by molar-refractivity contribution is 0.0858. The average Bonchev–Trinajstić information content (AvgIpc) is 2.83. The van der Waals surface area contributed by atoms with Crippen LogP contribution in [0.25, 0.3) is 0 Å². The minimum atomic E-state index is -0.686. The maximum atomic E-state index is 13.3. The van der Waals surface area contributed by atoms with Crippen molar-refractivity contribution in [3.8, 4) is 0 Å². The van der Waals surface area contributed by atoms with Crippen LogP contribution in [0.5, 0.6) is 0 Å². The molecular formula is C33H42N4O3. The molecule has 0 fully saturated rings. The molecule has 0 aliphatic heterocycles. The van der Waals surface area contributed by atoms with Crippen LogP contribution in [-0.2, 0) is 0 Å². The van der Waals surface area contributed by atoms with Crippen LogP contribution >= 0.6 is 0 Å². The molecule has 0 aliphatic rings. The van der Waals surface area contributed by atoms with E-state index in [2.05, 4.69) is 62.8 Å². The Kier molecular flexibility index (Phi) is 8.78. The van der Waals surface area contributed by atoms with Gasteiger partial charge in [0.15, 0.2) is 5.78 Å². The maximum absolute atomic E-state index is 13.3. The first-order chi connectivity index (χ1) is 18.4. The average molecular weight is 543 g/mol. The Morgan fingerprint density at radius 2 is 0.775 bits per heavy atom. The first-order valence-corrected chi connectivity index (χ1v) is 13.5. The van der Waals surface area contributed by atoms with Crippen LogP contribution in [0.1, 0.15) is 93.4 Å². The Balaban J connectivity index is 1.86. The van der Waals surface area contributed by atoms with Gasteiger partial charge in [-0.1, -0.05) is 20.8 Å². The molecule has 40 heavy (non-hydrogen) atoms. The molecule has 0 bridgehead atoms. The molecule has 0 spiro atoms. The number of ketones is 1. The van der Waals surface area contributed by atoms with Gasteiger partial charge in [0.25, 0.3) is 11.8 Å².